The SMILES string of the molecule is CCC(NCCc1csc(C)n1)c1ccc(C)cc1. The van der Waals surface area contributed by atoms with Gasteiger partial charge in [-0.15, -0.1) is 11.3 Å². The van der Waals surface area contributed by atoms with E-state index < -0.39 is 0 Å². The molecule has 0 aliphatic rings. The Balaban J connectivity index is 1.87. The van der Waals surface area contributed by atoms with Crippen LogP contribution in [0.2, 0.25) is 0 Å². The van der Waals surface area contributed by atoms with Gasteiger partial charge in [0, 0.05) is 24.4 Å². The molecule has 102 valence electrons. The fraction of sp³-hybridized carbons (Fsp3) is 0.438. The summed E-state index contributed by atoms with van der Waals surface area (Å²) in [6.45, 7) is 7.39. The van der Waals surface area contributed by atoms with E-state index in [-0.39, 0.29) is 0 Å². The molecule has 0 radical (unpaired) electrons. The minimum absolute atomic E-state index is 0.445. The summed E-state index contributed by atoms with van der Waals surface area (Å²) in [5.74, 6) is 0. The number of aromatic nitrogens is 1. The lowest BCUT2D eigenvalue weighted by Gasteiger charge is -2.17. The highest BCUT2D eigenvalue weighted by atomic mass is 32.1. The lowest BCUT2D eigenvalue weighted by molar-refractivity contribution is 0.521. The zero-order chi connectivity index (χ0) is 13.7. The second-order valence-corrected chi connectivity index (χ2v) is 6.00. The summed E-state index contributed by atoms with van der Waals surface area (Å²) in [4.78, 5) is 4.50. The number of nitrogens with one attached hydrogen (secondary N) is 1. The molecule has 0 spiro atoms. The summed E-state index contributed by atoms with van der Waals surface area (Å²) >= 11 is 1.73. The second-order valence-electron chi connectivity index (χ2n) is 4.93. The molecule has 2 rings (SSSR count). The van der Waals surface area contributed by atoms with Gasteiger partial charge in [-0.2, -0.15) is 0 Å². The van der Waals surface area contributed by atoms with Crippen LogP contribution in [0.5, 0.6) is 0 Å². The predicted octanol–water partition coefficient (Wildman–Crippen LogP) is 4.04. The van der Waals surface area contributed by atoms with E-state index in [9.17, 15) is 0 Å². The molecule has 0 aliphatic heterocycles. The summed E-state index contributed by atoms with van der Waals surface area (Å²) < 4.78 is 0. The van der Waals surface area contributed by atoms with Crippen LogP contribution >= 0.6 is 11.3 Å². The van der Waals surface area contributed by atoms with E-state index >= 15 is 0 Å². The number of nitrogens with zero attached hydrogens (tertiary/aromatic N) is 1. The van der Waals surface area contributed by atoms with Crippen LogP contribution in [-0.2, 0) is 6.42 Å². The van der Waals surface area contributed by atoms with E-state index in [0.29, 0.717) is 6.04 Å². The third-order valence-corrected chi connectivity index (χ3v) is 4.15. The quantitative estimate of drug-likeness (QED) is 0.860. The molecule has 3 heteroatoms. The zero-order valence-corrected chi connectivity index (χ0v) is 12.8. The van der Waals surface area contributed by atoms with Crippen molar-refractivity contribution in [1.82, 2.24) is 10.3 Å². The minimum atomic E-state index is 0.445. The fourth-order valence-corrected chi connectivity index (χ4v) is 2.84. The third kappa shape index (κ3) is 4.15. The molecule has 0 bridgehead atoms. The predicted molar refractivity (Wildman–Crippen MR) is 82.8 cm³/mol. The molecule has 1 aromatic carbocycles. The molecular formula is C16H22N2S. The first-order valence-corrected chi connectivity index (χ1v) is 7.78. The van der Waals surface area contributed by atoms with Crippen molar-refractivity contribution in [2.45, 2.75) is 39.7 Å². The van der Waals surface area contributed by atoms with Gasteiger partial charge in [-0.05, 0) is 25.8 Å². The van der Waals surface area contributed by atoms with Gasteiger partial charge in [0.25, 0.3) is 0 Å². The van der Waals surface area contributed by atoms with Gasteiger partial charge in [-0.3, -0.25) is 0 Å². The summed E-state index contributed by atoms with van der Waals surface area (Å²) in [5, 5.41) is 6.94. The Kier molecular flexibility index (Phi) is 5.11. The van der Waals surface area contributed by atoms with Gasteiger partial charge in [0.1, 0.15) is 0 Å². The molecule has 0 fully saturated rings. The first-order chi connectivity index (χ1) is 9.19. The van der Waals surface area contributed by atoms with Crippen LogP contribution in [0.15, 0.2) is 29.6 Å². The molecule has 0 saturated heterocycles. The number of aryl methyl sites for hydroxylation is 2. The van der Waals surface area contributed by atoms with Crippen molar-refractivity contribution in [1.29, 1.82) is 0 Å². The van der Waals surface area contributed by atoms with E-state index in [4.69, 9.17) is 0 Å². The van der Waals surface area contributed by atoms with Crippen molar-refractivity contribution >= 4 is 11.3 Å². The topological polar surface area (TPSA) is 24.9 Å². The van der Waals surface area contributed by atoms with Gasteiger partial charge in [0.05, 0.1) is 10.7 Å². The molecule has 1 atom stereocenters. The number of rotatable bonds is 6. The largest absolute Gasteiger partial charge is 0.310 e. The van der Waals surface area contributed by atoms with E-state index in [2.05, 4.69) is 60.7 Å². The highest BCUT2D eigenvalue weighted by molar-refractivity contribution is 7.09. The van der Waals surface area contributed by atoms with Crippen molar-refractivity contribution in [3.8, 4) is 0 Å². The second kappa shape index (κ2) is 6.83. The number of benzene rings is 1. The molecule has 1 unspecified atom stereocenters. The summed E-state index contributed by atoms with van der Waals surface area (Å²) in [6.07, 6.45) is 2.12. The van der Waals surface area contributed by atoms with Crippen LogP contribution < -0.4 is 5.32 Å². The van der Waals surface area contributed by atoms with Gasteiger partial charge in [0.2, 0.25) is 0 Å². The Labute approximate surface area is 119 Å². The maximum atomic E-state index is 4.50. The van der Waals surface area contributed by atoms with Crippen LogP contribution in [0.4, 0.5) is 0 Å². The zero-order valence-electron chi connectivity index (χ0n) is 11.9. The molecule has 0 aliphatic carbocycles. The molecule has 0 amide bonds. The average molecular weight is 274 g/mol. The molecule has 1 heterocycles. The van der Waals surface area contributed by atoms with Crippen molar-refractivity contribution in [2.24, 2.45) is 0 Å². The van der Waals surface area contributed by atoms with Crippen molar-refractivity contribution < 1.29 is 0 Å². The summed E-state index contributed by atoms with van der Waals surface area (Å²) in [7, 11) is 0. The fourth-order valence-electron chi connectivity index (χ4n) is 2.19. The van der Waals surface area contributed by atoms with Gasteiger partial charge >= 0.3 is 0 Å². The van der Waals surface area contributed by atoms with Crippen LogP contribution in [0.3, 0.4) is 0 Å². The molecule has 1 N–H and O–H groups in total. The Hall–Kier alpha value is -1.19. The smallest absolute Gasteiger partial charge is 0.0897 e. The Bertz CT molecular complexity index is 502. The standard InChI is InChI=1S/C16H22N2S/c1-4-16(14-7-5-12(2)6-8-14)17-10-9-15-11-19-13(3)18-15/h5-8,11,16-17H,4,9-10H2,1-3H3. The monoisotopic (exact) mass is 274 g/mol. The third-order valence-electron chi connectivity index (χ3n) is 3.33. The normalized spacial score (nSPS) is 12.6. The number of hydrogen-bond acceptors (Lipinski definition) is 3. The first-order valence-electron chi connectivity index (χ1n) is 6.90. The van der Waals surface area contributed by atoms with E-state index in [1.54, 1.807) is 11.3 Å². The van der Waals surface area contributed by atoms with Gasteiger partial charge in [-0.25, -0.2) is 4.98 Å². The maximum absolute atomic E-state index is 4.50. The van der Waals surface area contributed by atoms with Gasteiger partial charge in [-0.1, -0.05) is 36.8 Å². The molecule has 0 saturated carbocycles. The van der Waals surface area contributed by atoms with Crippen LogP contribution in [0.25, 0.3) is 0 Å². The highest BCUT2D eigenvalue weighted by Gasteiger charge is 2.08. The number of thiazole rings is 1. The molecular weight excluding hydrogens is 252 g/mol. The first kappa shape index (κ1) is 14.2. The van der Waals surface area contributed by atoms with Crippen LogP contribution in [-0.4, -0.2) is 11.5 Å². The maximum Gasteiger partial charge on any atom is 0.0897 e. The lowest BCUT2D eigenvalue weighted by atomic mass is 10.0. The van der Waals surface area contributed by atoms with Crippen LogP contribution in [0.1, 0.15) is 41.2 Å². The number of hydrogen-bond donors (Lipinski definition) is 1. The lowest BCUT2D eigenvalue weighted by Crippen LogP contribution is -2.23. The highest BCUT2D eigenvalue weighted by Crippen LogP contribution is 2.17. The summed E-state index contributed by atoms with van der Waals surface area (Å²) in [5.41, 5.74) is 3.90. The van der Waals surface area contributed by atoms with E-state index in [0.717, 1.165) is 24.4 Å². The summed E-state index contributed by atoms with van der Waals surface area (Å²) in [6, 6.07) is 9.26. The van der Waals surface area contributed by atoms with Gasteiger partial charge in [0.15, 0.2) is 0 Å². The van der Waals surface area contributed by atoms with E-state index in [1.807, 2.05) is 0 Å². The minimum Gasteiger partial charge on any atom is -0.310 e. The Morgan fingerprint density at radius 2 is 1.95 bits per heavy atom. The van der Waals surface area contributed by atoms with Crippen molar-refractivity contribution in [3.63, 3.8) is 0 Å². The molecule has 1 aromatic heterocycles. The van der Waals surface area contributed by atoms with E-state index in [1.165, 1.54) is 16.8 Å². The molecule has 19 heavy (non-hydrogen) atoms. The average Bonchev–Trinajstić information content (AvgIpc) is 2.82. The van der Waals surface area contributed by atoms with Gasteiger partial charge < -0.3 is 5.32 Å². The van der Waals surface area contributed by atoms with Crippen molar-refractivity contribution in [2.75, 3.05) is 6.54 Å². The molecule has 2 aromatic rings. The van der Waals surface area contributed by atoms with Crippen LogP contribution in [0, 0.1) is 13.8 Å². The Morgan fingerprint density at radius 1 is 1.21 bits per heavy atom. The Morgan fingerprint density at radius 3 is 2.53 bits per heavy atom. The van der Waals surface area contributed by atoms with Crippen molar-refractivity contribution in [3.05, 3.63) is 51.5 Å². The molecule has 2 nitrogen and oxygen atoms in total.